The van der Waals surface area contributed by atoms with Crippen LogP contribution in [0, 0.1) is 0 Å². The van der Waals surface area contributed by atoms with Crippen molar-refractivity contribution in [3.63, 3.8) is 0 Å². The molecule has 2 atom stereocenters. The van der Waals surface area contributed by atoms with Crippen molar-refractivity contribution in [3.8, 4) is 0 Å². The van der Waals surface area contributed by atoms with E-state index in [0.29, 0.717) is 23.9 Å². The highest BCUT2D eigenvalue weighted by Crippen LogP contribution is 2.19. The molecule has 0 bridgehead atoms. The number of carboxylic acids is 1. The maximum absolute atomic E-state index is 12.9. The molecule has 84 heavy (non-hydrogen) atoms. The quantitative estimate of drug-likeness (QED) is 0.0195. The van der Waals surface area contributed by atoms with Crippen LogP contribution in [0.25, 0.3) is 0 Å². The van der Waals surface area contributed by atoms with Gasteiger partial charge in [0.25, 0.3) is 0 Å². The highest BCUT2D eigenvalue weighted by atomic mass is 16.7. The first-order chi connectivity index (χ1) is 41.1. The third-order valence-electron chi connectivity index (χ3n) is 16.0. The first kappa shape index (κ1) is 81.0. The summed E-state index contributed by atoms with van der Waals surface area (Å²) in [5.41, 5.74) is 0. The van der Waals surface area contributed by atoms with Crippen LogP contribution in [0.1, 0.15) is 341 Å². The van der Waals surface area contributed by atoms with Gasteiger partial charge in [-0.3, -0.25) is 9.59 Å². The van der Waals surface area contributed by atoms with E-state index in [1.165, 1.54) is 231 Å². The van der Waals surface area contributed by atoms with Crippen LogP contribution in [-0.2, 0) is 33.3 Å². The summed E-state index contributed by atoms with van der Waals surface area (Å²) >= 11 is 0. The summed E-state index contributed by atoms with van der Waals surface area (Å²) in [7, 11) is 5.93. The smallest absolute Gasteiger partial charge is 0.306 e. The van der Waals surface area contributed by atoms with E-state index in [4.69, 9.17) is 18.9 Å². The minimum atomic E-state index is -1.62. The Morgan fingerprint density at radius 2 is 0.679 bits per heavy atom. The van der Waals surface area contributed by atoms with Gasteiger partial charge in [-0.15, -0.1) is 0 Å². The van der Waals surface area contributed by atoms with Crippen LogP contribution in [0.5, 0.6) is 0 Å². The molecule has 9 nitrogen and oxygen atoms in total. The van der Waals surface area contributed by atoms with Crippen molar-refractivity contribution >= 4 is 17.9 Å². The summed E-state index contributed by atoms with van der Waals surface area (Å²) in [4.78, 5) is 37.5. The summed E-state index contributed by atoms with van der Waals surface area (Å²) in [5.74, 6) is -2.27. The molecule has 0 heterocycles. The molecule has 0 aliphatic heterocycles. The lowest BCUT2D eigenvalue weighted by Crippen LogP contribution is -2.44. The Balaban J connectivity index is 4.04. The fourth-order valence-electron chi connectivity index (χ4n) is 10.6. The van der Waals surface area contributed by atoms with Gasteiger partial charge >= 0.3 is 11.9 Å². The van der Waals surface area contributed by atoms with Crippen LogP contribution in [0.15, 0.2) is 60.8 Å². The molecule has 0 aliphatic rings. The normalized spacial score (nSPS) is 13.0. The zero-order valence-electron chi connectivity index (χ0n) is 56.0. The molecule has 0 amide bonds. The number of carbonyl (C=O) groups is 3. The Bertz CT molecular complexity index is 1560. The Morgan fingerprint density at radius 1 is 0.369 bits per heavy atom. The number of esters is 2. The SMILES string of the molecule is CC/C=C\C/C=C\C/C=C\C/C=C\C/C=C\CCCCCCCCCCCC(=O)OC(COC(=O)CCCCCCCCCCCCCCCCCCCCCCCCCCCCCCCCCCCC)COC(OCC[N+](C)(C)C)C(=O)[O-]. The highest BCUT2D eigenvalue weighted by Gasteiger charge is 2.22. The van der Waals surface area contributed by atoms with Gasteiger partial charge in [0, 0.05) is 12.8 Å². The van der Waals surface area contributed by atoms with Crippen LogP contribution < -0.4 is 5.11 Å². The van der Waals surface area contributed by atoms with E-state index < -0.39 is 24.3 Å². The largest absolute Gasteiger partial charge is 0.545 e. The van der Waals surface area contributed by atoms with Gasteiger partial charge in [-0.2, -0.15) is 0 Å². The van der Waals surface area contributed by atoms with Gasteiger partial charge in [0.15, 0.2) is 12.4 Å². The molecule has 0 aliphatic carbocycles. The average Bonchev–Trinajstić information content (AvgIpc) is 3.52. The second kappa shape index (κ2) is 66.0. The summed E-state index contributed by atoms with van der Waals surface area (Å²) in [6.07, 6.45) is 83.2. The minimum absolute atomic E-state index is 0.146. The summed E-state index contributed by atoms with van der Waals surface area (Å²) in [5, 5.41) is 11.8. The van der Waals surface area contributed by atoms with E-state index in [-0.39, 0.29) is 32.2 Å². The second-order valence-corrected chi connectivity index (χ2v) is 25.5. The molecule has 0 saturated carbocycles. The van der Waals surface area contributed by atoms with E-state index >= 15 is 0 Å². The molecular formula is C75H137NO8. The van der Waals surface area contributed by atoms with Gasteiger partial charge in [0.2, 0.25) is 0 Å². The van der Waals surface area contributed by atoms with Gasteiger partial charge < -0.3 is 33.3 Å². The number of ether oxygens (including phenoxy) is 4. The number of quaternary nitrogens is 1. The molecule has 0 aromatic heterocycles. The van der Waals surface area contributed by atoms with E-state index in [1.54, 1.807) is 0 Å². The number of hydrogen-bond donors (Lipinski definition) is 0. The highest BCUT2D eigenvalue weighted by molar-refractivity contribution is 5.70. The van der Waals surface area contributed by atoms with Gasteiger partial charge in [-0.25, -0.2) is 0 Å². The third kappa shape index (κ3) is 66.5. The molecule has 0 radical (unpaired) electrons. The zero-order valence-corrected chi connectivity index (χ0v) is 56.0. The van der Waals surface area contributed by atoms with Crippen LogP contribution in [0.4, 0.5) is 0 Å². The van der Waals surface area contributed by atoms with E-state index in [2.05, 4.69) is 74.6 Å². The van der Waals surface area contributed by atoms with Crippen LogP contribution >= 0.6 is 0 Å². The molecule has 0 aromatic carbocycles. The van der Waals surface area contributed by atoms with Crippen LogP contribution in [0.3, 0.4) is 0 Å². The number of unbranched alkanes of at least 4 members (excludes halogenated alkanes) is 42. The molecule has 0 fully saturated rings. The van der Waals surface area contributed by atoms with E-state index in [9.17, 15) is 19.5 Å². The summed E-state index contributed by atoms with van der Waals surface area (Å²) < 4.78 is 22.8. The van der Waals surface area contributed by atoms with Gasteiger partial charge in [-0.1, -0.05) is 331 Å². The van der Waals surface area contributed by atoms with Crippen LogP contribution in [-0.4, -0.2) is 82.3 Å². The number of likely N-dealkylation sites (N-methyl/N-ethyl adjacent to an activating group) is 1. The lowest BCUT2D eigenvalue weighted by atomic mass is 10.0. The standard InChI is InChI=1S/C75H137NO8/c1-6-8-10-12-14-16-18-20-22-24-26-28-30-32-33-34-35-36-37-38-39-40-42-43-45-47-49-51-53-55-57-59-61-63-65-72(77)82-69-71(70-83-75(74(79)80)81-68-67-76(3,4)5)84-73(78)66-64-62-60-58-56-54-52-50-48-46-44-41-31-29-27-25-23-21-19-17-15-13-11-9-7-2/h9,11,15,17,21,23,27,29,41,44,71,75H,6-8,10,12-14,16,18-20,22,24-26,28,30-40,42-43,45-70H2,1-5H3/b11-9-,17-15-,23-21-,29-27-,44-41-. The molecule has 0 spiro atoms. The van der Waals surface area contributed by atoms with Gasteiger partial charge in [-0.05, 0) is 57.8 Å². The molecular weight excluding hydrogens is 1040 g/mol. The van der Waals surface area contributed by atoms with Crippen LogP contribution in [0.2, 0.25) is 0 Å². The predicted octanol–water partition coefficient (Wildman–Crippen LogP) is 21.0. The maximum Gasteiger partial charge on any atom is 0.306 e. The van der Waals surface area contributed by atoms with Crippen molar-refractivity contribution < 1.29 is 42.9 Å². The number of nitrogens with zero attached hydrogens (tertiary/aromatic N) is 1. The number of carboxylic acid groups (broad SMARTS) is 1. The minimum Gasteiger partial charge on any atom is -0.545 e. The number of aliphatic carboxylic acids is 1. The number of hydrogen-bond acceptors (Lipinski definition) is 8. The van der Waals surface area contributed by atoms with Crippen molar-refractivity contribution in [2.45, 2.75) is 354 Å². The zero-order chi connectivity index (χ0) is 61.2. The Morgan fingerprint density at radius 3 is 1.01 bits per heavy atom. The van der Waals surface area contributed by atoms with E-state index in [0.717, 1.165) is 77.0 Å². The van der Waals surface area contributed by atoms with E-state index in [1.807, 2.05) is 21.1 Å². The number of rotatable bonds is 67. The second-order valence-electron chi connectivity index (χ2n) is 25.5. The van der Waals surface area contributed by atoms with Crippen molar-refractivity contribution in [2.75, 3.05) is 47.5 Å². The lowest BCUT2D eigenvalue weighted by Gasteiger charge is -2.26. The Kier molecular flexibility index (Phi) is 63.6. The lowest BCUT2D eigenvalue weighted by molar-refractivity contribution is -0.870. The van der Waals surface area contributed by atoms with Crippen molar-refractivity contribution in [2.24, 2.45) is 0 Å². The molecule has 0 saturated heterocycles. The molecule has 9 heteroatoms. The molecule has 0 rings (SSSR count). The Hall–Kier alpha value is -3.01. The Labute approximate surface area is 520 Å². The van der Waals surface area contributed by atoms with Gasteiger partial charge in [0.1, 0.15) is 13.2 Å². The fraction of sp³-hybridized carbons (Fsp3) is 0.827. The van der Waals surface area contributed by atoms with Gasteiger partial charge in [0.05, 0.1) is 40.3 Å². The monoisotopic (exact) mass is 1180 g/mol. The average molecular weight is 1180 g/mol. The predicted molar refractivity (Wildman–Crippen MR) is 357 cm³/mol. The molecule has 0 aromatic rings. The maximum atomic E-state index is 12.9. The topological polar surface area (TPSA) is 111 Å². The first-order valence-corrected chi connectivity index (χ1v) is 35.9. The fourth-order valence-corrected chi connectivity index (χ4v) is 10.6. The number of carbonyl (C=O) groups excluding carboxylic acids is 3. The molecule has 2 unspecified atom stereocenters. The van der Waals surface area contributed by atoms with Crippen molar-refractivity contribution in [1.82, 2.24) is 0 Å². The first-order valence-electron chi connectivity index (χ1n) is 35.9. The third-order valence-corrected chi connectivity index (χ3v) is 16.0. The molecule has 0 N–H and O–H groups in total. The summed E-state index contributed by atoms with van der Waals surface area (Å²) in [6, 6.07) is 0. The molecule has 490 valence electrons. The van der Waals surface area contributed by atoms with Crippen molar-refractivity contribution in [3.05, 3.63) is 60.8 Å². The summed E-state index contributed by atoms with van der Waals surface area (Å²) in [6.45, 7) is 4.68. The number of allylic oxidation sites excluding steroid dienone is 10. The van der Waals surface area contributed by atoms with Crippen molar-refractivity contribution in [1.29, 1.82) is 0 Å².